The largest absolute Gasteiger partial charge is 0.462 e. The first-order valence-corrected chi connectivity index (χ1v) is 7.85. The molecule has 1 saturated carbocycles. The fraction of sp³-hybridized carbons (Fsp3) is 0.588. The molecule has 20 heavy (non-hydrogen) atoms. The summed E-state index contributed by atoms with van der Waals surface area (Å²) in [5, 5.41) is 3.34. The summed E-state index contributed by atoms with van der Waals surface area (Å²) in [7, 11) is 0. The van der Waals surface area contributed by atoms with Gasteiger partial charge in [-0.25, -0.2) is 0 Å². The Morgan fingerprint density at radius 3 is 2.65 bits per heavy atom. The average molecular weight is 273 g/mol. The summed E-state index contributed by atoms with van der Waals surface area (Å²) in [6.07, 6.45) is 8.01. The molecule has 3 rings (SSSR count). The molecule has 1 aliphatic carbocycles. The first kappa shape index (κ1) is 13.5. The van der Waals surface area contributed by atoms with Crippen LogP contribution in [0.1, 0.15) is 44.1 Å². The first-order chi connectivity index (χ1) is 9.83. The average Bonchev–Trinajstić information content (AvgIpc) is 2.75. The molecule has 3 nitrogen and oxygen atoms in total. The summed E-state index contributed by atoms with van der Waals surface area (Å²) in [5.74, 6) is -0.0490. The van der Waals surface area contributed by atoms with Crippen LogP contribution < -0.4 is 5.32 Å². The minimum absolute atomic E-state index is 0.0149. The Balaban J connectivity index is 1.58. The van der Waals surface area contributed by atoms with Crippen LogP contribution in [-0.4, -0.2) is 18.6 Å². The van der Waals surface area contributed by atoms with Crippen molar-refractivity contribution in [3.8, 4) is 0 Å². The molecule has 0 radical (unpaired) electrons. The number of fused-ring (bicyclic) bond motifs is 1. The van der Waals surface area contributed by atoms with Crippen LogP contribution in [0.15, 0.2) is 24.3 Å². The monoisotopic (exact) mass is 273 g/mol. The zero-order chi connectivity index (χ0) is 13.8. The summed E-state index contributed by atoms with van der Waals surface area (Å²) in [6, 6.07) is 8.21. The third-order valence-electron chi connectivity index (χ3n) is 4.44. The molecule has 0 aromatic heterocycles. The highest BCUT2D eigenvalue weighted by Gasteiger charge is 2.27. The fourth-order valence-electron chi connectivity index (χ4n) is 3.23. The van der Waals surface area contributed by atoms with Gasteiger partial charge in [0.25, 0.3) is 0 Å². The minimum atomic E-state index is -0.0341. The Labute approximate surface area is 120 Å². The number of hydrogen-bond donors (Lipinski definition) is 1. The van der Waals surface area contributed by atoms with Crippen LogP contribution in [0.25, 0.3) is 0 Å². The van der Waals surface area contributed by atoms with E-state index in [0.29, 0.717) is 6.54 Å². The lowest BCUT2D eigenvalue weighted by Crippen LogP contribution is -2.33. The molecule has 1 aromatic rings. The van der Waals surface area contributed by atoms with Crippen molar-refractivity contribution in [2.24, 2.45) is 5.92 Å². The predicted octanol–water partition coefficient (Wildman–Crippen LogP) is 3.54. The SMILES string of the molecule is O=C(OC1CCCCCC1)C1CNc2ccccc2C1. The van der Waals surface area contributed by atoms with Gasteiger partial charge in [-0.1, -0.05) is 31.0 Å². The topological polar surface area (TPSA) is 38.3 Å². The van der Waals surface area contributed by atoms with Gasteiger partial charge in [0.1, 0.15) is 6.10 Å². The third-order valence-corrected chi connectivity index (χ3v) is 4.44. The maximum atomic E-state index is 12.3. The van der Waals surface area contributed by atoms with Crippen LogP contribution in [0.5, 0.6) is 0 Å². The van der Waals surface area contributed by atoms with Crippen LogP contribution in [0.3, 0.4) is 0 Å². The van der Waals surface area contributed by atoms with E-state index in [1.807, 2.05) is 12.1 Å². The fourth-order valence-corrected chi connectivity index (χ4v) is 3.23. The maximum absolute atomic E-state index is 12.3. The molecule has 0 amide bonds. The zero-order valence-corrected chi connectivity index (χ0v) is 11.9. The van der Waals surface area contributed by atoms with Gasteiger partial charge in [-0.3, -0.25) is 4.79 Å². The number of hydrogen-bond acceptors (Lipinski definition) is 3. The molecular weight excluding hydrogens is 250 g/mol. The molecule has 2 aliphatic rings. The van der Waals surface area contributed by atoms with E-state index in [2.05, 4.69) is 17.4 Å². The number of rotatable bonds is 2. The molecule has 0 bridgehead atoms. The van der Waals surface area contributed by atoms with E-state index in [0.717, 1.165) is 24.9 Å². The van der Waals surface area contributed by atoms with Crippen molar-refractivity contribution in [3.05, 3.63) is 29.8 Å². The number of carbonyl (C=O) groups is 1. The summed E-state index contributed by atoms with van der Waals surface area (Å²) >= 11 is 0. The van der Waals surface area contributed by atoms with Gasteiger partial charge in [0.05, 0.1) is 5.92 Å². The van der Waals surface area contributed by atoms with Crippen LogP contribution in [0, 0.1) is 5.92 Å². The molecule has 3 heteroatoms. The quantitative estimate of drug-likeness (QED) is 0.661. The summed E-state index contributed by atoms with van der Waals surface area (Å²) in [6.45, 7) is 0.697. The minimum Gasteiger partial charge on any atom is -0.462 e. The molecule has 1 atom stereocenters. The summed E-state index contributed by atoms with van der Waals surface area (Å²) in [4.78, 5) is 12.3. The van der Waals surface area contributed by atoms with Gasteiger partial charge in [0.15, 0.2) is 0 Å². The van der Waals surface area contributed by atoms with Crippen molar-refractivity contribution in [3.63, 3.8) is 0 Å². The Hall–Kier alpha value is -1.51. The highest BCUT2D eigenvalue weighted by atomic mass is 16.5. The van der Waals surface area contributed by atoms with Gasteiger partial charge >= 0.3 is 5.97 Å². The highest BCUT2D eigenvalue weighted by Crippen LogP contribution is 2.26. The maximum Gasteiger partial charge on any atom is 0.311 e. The van der Waals surface area contributed by atoms with Gasteiger partial charge in [-0.2, -0.15) is 0 Å². The number of benzene rings is 1. The van der Waals surface area contributed by atoms with E-state index in [9.17, 15) is 4.79 Å². The summed E-state index contributed by atoms with van der Waals surface area (Å²) < 4.78 is 5.75. The van der Waals surface area contributed by atoms with Crippen molar-refractivity contribution in [2.45, 2.75) is 51.0 Å². The van der Waals surface area contributed by atoms with Crippen LogP contribution in [-0.2, 0) is 16.0 Å². The second-order valence-corrected chi connectivity index (χ2v) is 5.99. The number of nitrogens with one attached hydrogen (secondary N) is 1. The molecule has 1 unspecified atom stereocenters. The van der Waals surface area contributed by atoms with E-state index < -0.39 is 0 Å². The van der Waals surface area contributed by atoms with Crippen molar-refractivity contribution < 1.29 is 9.53 Å². The zero-order valence-electron chi connectivity index (χ0n) is 11.9. The van der Waals surface area contributed by atoms with E-state index in [1.54, 1.807) is 0 Å². The molecule has 108 valence electrons. The van der Waals surface area contributed by atoms with E-state index in [4.69, 9.17) is 4.74 Å². The molecule has 1 N–H and O–H groups in total. The highest BCUT2D eigenvalue weighted by molar-refractivity contribution is 5.75. The standard InChI is InChI=1S/C17H23NO2/c19-17(20-15-8-3-1-2-4-9-15)14-11-13-7-5-6-10-16(13)18-12-14/h5-7,10,14-15,18H,1-4,8-9,11-12H2. The number of anilines is 1. The second kappa shape index (κ2) is 6.29. The third kappa shape index (κ3) is 3.14. The molecule has 1 aliphatic heterocycles. The normalized spacial score (nSPS) is 23.3. The van der Waals surface area contributed by atoms with E-state index in [-0.39, 0.29) is 18.0 Å². The molecule has 0 saturated heterocycles. The molecule has 1 aromatic carbocycles. The Kier molecular flexibility index (Phi) is 4.24. The second-order valence-electron chi connectivity index (χ2n) is 5.99. The van der Waals surface area contributed by atoms with Gasteiger partial charge in [-0.15, -0.1) is 0 Å². The number of carbonyl (C=O) groups excluding carboxylic acids is 1. The predicted molar refractivity (Wildman–Crippen MR) is 79.7 cm³/mol. The molecule has 1 fully saturated rings. The molecular formula is C17H23NO2. The van der Waals surface area contributed by atoms with Crippen molar-refractivity contribution in [1.29, 1.82) is 0 Å². The lowest BCUT2D eigenvalue weighted by atomic mass is 9.94. The van der Waals surface area contributed by atoms with Gasteiger partial charge in [0, 0.05) is 12.2 Å². The Morgan fingerprint density at radius 1 is 1.10 bits per heavy atom. The Morgan fingerprint density at radius 2 is 1.85 bits per heavy atom. The van der Waals surface area contributed by atoms with Crippen LogP contribution >= 0.6 is 0 Å². The number of para-hydroxylation sites is 1. The lowest BCUT2D eigenvalue weighted by Gasteiger charge is -2.26. The van der Waals surface area contributed by atoms with Gasteiger partial charge in [0.2, 0.25) is 0 Å². The molecule has 1 heterocycles. The van der Waals surface area contributed by atoms with Crippen LogP contribution in [0.4, 0.5) is 5.69 Å². The van der Waals surface area contributed by atoms with E-state index >= 15 is 0 Å². The van der Waals surface area contributed by atoms with Crippen molar-refractivity contribution in [1.82, 2.24) is 0 Å². The number of ether oxygens (including phenoxy) is 1. The summed E-state index contributed by atoms with van der Waals surface area (Å²) in [5.41, 5.74) is 2.38. The first-order valence-electron chi connectivity index (χ1n) is 7.85. The van der Waals surface area contributed by atoms with Crippen molar-refractivity contribution in [2.75, 3.05) is 11.9 Å². The lowest BCUT2D eigenvalue weighted by molar-refractivity contribution is -0.154. The number of esters is 1. The van der Waals surface area contributed by atoms with E-state index in [1.165, 1.54) is 31.2 Å². The van der Waals surface area contributed by atoms with Crippen molar-refractivity contribution >= 4 is 11.7 Å². The smallest absolute Gasteiger partial charge is 0.311 e. The van der Waals surface area contributed by atoms with Gasteiger partial charge in [-0.05, 0) is 43.7 Å². The van der Waals surface area contributed by atoms with Gasteiger partial charge < -0.3 is 10.1 Å². The Bertz CT molecular complexity index is 464. The molecule has 0 spiro atoms. The van der Waals surface area contributed by atoms with Crippen LogP contribution in [0.2, 0.25) is 0 Å².